The lowest BCUT2D eigenvalue weighted by atomic mass is 10.0. The number of ether oxygens (including phenoxy) is 1. The summed E-state index contributed by atoms with van der Waals surface area (Å²) in [6.45, 7) is 0.270. The van der Waals surface area contributed by atoms with Crippen LogP contribution in [0, 0.1) is 0 Å². The molecule has 1 aliphatic rings. The number of rotatable bonds is 6. The molecule has 0 bridgehead atoms. The number of halogens is 1. The molecule has 1 amide bonds. The zero-order chi connectivity index (χ0) is 21.8. The molecule has 0 saturated heterocycles. The van der Waals surface area contributed by atoms with Crippen LogP contribution in [0.5, 0.6) is 5.75 Å². The van der Waals surface area contributed by atoms with Gasteiger partial charge in [0.1, 0.15) is 5.75 Å². The Kier molecular flexibility index (Phi) is 6.15. The normalized spacial score (nSPS) is 13.4. The molecule has 3 aromatic rings. The lowest BCUT2D eigenvalue weighted by Crippen LogP contribution is -2.35. The average molecular weight is 457 g/mol. The minimum absolute atomic E-state index is 0.174. The van der Waals surface area contributed by atoms with Crippen molar-refractivity contribution in [2.45, 2.75) is 17.7 Å². The highest BCUT2D eigenvalue weighted by molar-refractivity contribution is 7.92. The molecular weight excluding hydrogens is 436 g/mol. The SMILES string of the molecule is O=C(COc1ccc(Cl)cc1)Nc1ccc(S(=O)(=O)N2CCCc3ccccc32)cc1. The summed E-state index contributed by atoms with van der Waals surface area (Å²) in [7, 11) is -3.69. The molecule has 0 radical (unpaired) electrons. The Labute approximate surface area is 186 Å². The number of hydrogen-bond acceptors (Lipinski definition) is 4. The Bertz CT molecular complexity index is 1180. The van der Waals surface area contributed by atoms with Gasteiger partial charge in [0.2, 0.25) is 0 Å². The highest BCUT2D eigenvalue weighted by Gasteiger charge is 2.28. The third-order valence-corrected chi connectivity index (χ3v) is 7.06. The Hall–Kier alpha value is -3.03. The number of nitrogens with one attached hydrogen (secondary N) is 1. The van der Waals surface area contributed by atoms with Gasteiger partial charge in [-0.25, -0.2) is 8.42 Å². The second kappa shape index (κ2) is 8.99. The van der Waals surface area contributed by atoms with Crippen molar-refractivity contribution >= 4 is 38.9 Å². The van der Waals surface area contributed by atoms with Crippen molar-refractivity contribution in [3.63, 3.8) is 0 Å². The van der Waals surface area contributed by atoms with Gasteiger partial charge in [-0.2, -0.15) is 0 Å². The predicted octanol–water partition coefficient (Wildman–Crippen LogP) is 4.50. The van der Waals surface area contributed by atoms with E-state index in [1.54, 1.807) is 36.4 Å². The van der Waals surface area contributed by atoms with Crippen LogP contribution in [-0.2, 0) is 21.2 Å². The van der Waals surface area contributed by atoms with Crippen LogP contribution in [0.15, 0.2) is 77.7 Å². The summed E-state index contributed by atoms with van der Waals surface area (Å²) >= 11 is 5.82. The molecule has 0 spiro atoms. The quantitative estimate of drug-likeness (QED) is 0.592. The third-order valence-electron chi connectivity index (χ3n) is 4.98. The smallest absolute Gasteiger partial charge is 0.264 e. The summed E-state index contributed by atoms with van der Waals surface area (Å²) < 4.78 is 33.2. The molecule has 0 aliphatic carbocycles. The Morgan fingerprint density at radius 2 is 1.71 bits per heavy atom. The van der Waals surface area contributed by atoms with Gasteiger partial charge < -0.3 is 10.1 Å². The van der Waals surface area contributed by atoms with Crippen molar-refractivity contribution in [2.24, 2.45) is 0 Å². The minimum Gasteiger partial charge on any atom is -0.484 e. The maximum atomic E-state index is 13.2. The van der Waals surface area contributed by atoms with E-state index in [9.17, 15) is 13.2 Å². The number of fused-ring (bicyclic) bond motifs is 1. The number of anilines is 2. The van der Waals surface area contributed by atoms with Crippen molar-refractivity contribution < 1.29 is 17.9 Å². The van der Waals surface area contributed by atoms with Gasteiger partial charge in [0.25, 0.3) is 15.9 Å². The van der Waals surface area contributed by atoms with Crippen LogP contribution in [0.3, 0.4) is 0 Å². The Morgan fingerprint density at radius 3 is 2.45 bits per heavy atom. The van der Waals surface area contributed by atoms with E-state index in [2.05, 4.69) is 5.32 Å². The summed E-state index contributed by atoms with van der Waals surface area (Å²) in [4.78, 5) is 12.3. The van der Waals surface area contributed by atoms with E-state index in [-0.39, 0.29) is 17.4 Å². The van der Waals surface area contributed by atoms with Crippen molar-refractivity contribution in [3.8, 4) is 5.75 Å². The molecule has 31 heavy (non-hydrogen) atoms. The summed E-state index contributed by atoms with van der Waals surface area (Å²) in [5.41, 5.74) is 2.25. The molecule has 0 aromatic heterocycles. The van der Waals surface area contributed by atoms with Crippen LogP contribution in [0.1, 0.15) is 12.0 Å². The van der Waals surface area contributed by atoms with Gasteiger partial charge in [-0.3, -0.25) is 9.10 Å². The molecule has 3 aromatic carbocycles. The molecular formula is C23H21ClN2O4S. The number of amides is 1. The second-order valence-electron chi connectivity index (χ2n) is 7.12. The van der Waals surface area contributed by atoms with Gasteiger partial charge in [0, 0.05) is 17.3 Å². The number of para-hydroxylation sites is 1. The van der Waals surface area contributed by atoms with E-state index in [1.807, 2.05) is 24.3 Å². The molecule has 0 fully saturated rings. The van der Waals surface area contributed by atoms with E-state index >= 15 is 0 Å². The topological polar surface area (TPSA) is 75.7 Å². The van der Waals surface area contributed by atoms with E-state index in [1.165, 1.54) is 16.4 Å². The van der Waals surface area contributed by atoms with Crippen molar-refractivity contribution in [1.29, 1.82) is 0 Å². The molecule has 0 unspecified atom stereocenters. The fraction of sp³-hybridized carbons (Fsp3) is 0.174. The number of hydrogen-bond donors (Lipinski definition) is 1. The first-order valence-corrected chi connectivity index (χ1v) is 11.6. The molecule has 1 N–H and O–H groups in total. The van der Waals surface area contributed by atoms with Crippen molar-refractivity contribution in [1.82, 2.24) is 0 Å². The first-order chi connectivity index (χ1) is 14.9. The van der Waals surface area contributed by atoms with Gasteiger partial charge in [0.15, 0.2) is 6.61 Å². The molecule has 160 valence electrons. The lowest BCUT2D eigenvalue weighted by molar-refractivity contribution is -0.118. The first kappa shape index (κ1) is 21.2. The van der Waals surface area contributed by atoms with Crippen LogP contribution >= 0.6 is 11.6 Å². The first-order valence-electron chi connectivity index (χ1n) is 9.82. The highest BCUT2D eigenvalue weighted by atomic mass is 35.5. The van der Waals surface area contributed by atoms with Gasteiger partial charge in [-0.15, -0.1) is 0 Å². The van der Waals surface area contributed by atoms with Gasteiger partial charge >= 0.3 is 0 Å². The average Bonchev–Trinajstić information content (AvgIpc) is 2.78. The largest absolute Gasteiger partial charge is 0.484 e. The molecule has 6 nitrogen and oxygen atoms in total. The number of nitrogens with zero attached hydrogens (tertiary/aromatic N) is 1. The molecule has 8 heteroatoms. The predicted molar refractivity (Wildman–Crippen MR) is 121 cm³/mol. The van der Waals surface area contributed by atoms with E-state index in [0.29, 0.717) is 23.0 Å². The third kappa shape index (κ3) is 4.84. The zero-order valence-corrected chi connectivity index (χ0v) is 18.2. The zero-order valence-electron chi connectivity index (χ0n) is 16.6. The highest BCUT2D eigenvalue weighted by Crippen LogP contribution is 2.32. The maximum Gasteiger partial charge on any atom is 0.264 e. The fourth-order valence-electron chi connectivity index (χ4n) is 3.46. The van der Waals surface area contributed by atoms with Gasteiger partial charge in [-0.1, -0.05) is 29.8 Å². The molecule has 0 atom stereocenters. The molecule has 1 heterocycles. The van der Waals surface area contributed by atoms with Crippen LogP contribution in [0.25, 0.3) is 0 Å². The van der Waals surface area contributed by atoms with Gasteiger partial charge in [0.05, 0.1) is 10.6 Å². The van der Waals surface area contributed by atoms with Crippen molar-refractivity contribution in [2.75, 3.05) is 22.8 Å². The van der Waals surface area contributed by atoms with E-state index in [4.69, 9.17) is 16.3 Å². The second-order valence-corrected chi connectivity index (χ2v) is 9.42. The number of carbonyl (C=O) groups is 1. The van der Waals surface area contributed by atoms with Crippen molar-refractivity contribution in [3.05, 3.63) is 83.4 Å². The molecule has 1 aliphatic heterocycles. The van der Waals surface area contributed by atoms with E-state index < -0.39 is 10.0 Å². The maximum absolute atomic E-state index is 13.2. The number of benzene rings is 3. The molecule has 0 saturated carbocycles. The molecule has 4 rings (SSSR count). The monoisotopic (exact) mass is 456 g/mol. The number of aryl methyl sites for hydroxylation is 1. The van der Waals surface area contributed by atoms with Gasteiger partial charge in [-0.05, 0) is 73.0 Å². The van der Waals surface area contributed by atoms with Crippen LogP contribution in [-0.4, -0.2) is 27.5 Å². The summed E-state index contributed by atoms with van der Waals surface area (Å²) in [5.74, 6) is 0.179. The van der Waals surface area contributed by atoms with Crippen LogP contribution < -0.4 is 14.4 Å². The van der Waals surface area contributed by atoms with Crippen LogP contribution in [0.4, 0.5) is 11.4 Å². The fourth-order valence-corrected chi connectivity index (χ4v) is 5.13. The Balaban J connectivity index is 1.42. The van der Waals surface area contributed by atoms with Crippen LogP contribution in [0.2, 0.25) is 5.02 Å². The standard InChI is InChI=1S/C23H21ClN2O4S/c24-18-7-11-20(12-8-18)30-16-23(27)25-19-9-13-21(14-10-19)31(28,29)26-15-3-5-17-4-1-2-6-22(17)26/h1-2,4,6-14H,3,5,15-16H2,(H,25,27). The summed E-state index contributed by atoms with van der Waals surface area (Å²) in [6, 6.07) is 20.4. The number of sulfonamides is 1. The van der Waals surface area contributed by atoms with E-state index in [0.717, 1.165) is 24.1 Å². The summed E-state index contributed by atoms with van der Waals surface area (Å²) in [5, 5.41) is 3.28. The Morgan fingerprint density at radius 1 is 1.00 bits per heavy atom. The summed E-state index contributed by atoms with van der Waals surface area (Å²) in [6.07, 6.45) is 1.64. The number of carbonyl (C=O) groups excluding carboxylic acids is 1. The minimum atomic E-state index is -3.69. The lowest BCUT2D eigenvalue weighted by Gasteiger charge is -2.30.